The normalized spacial score (nSPS) is 10.3. The molecule has 22 heavy (non-hydrogen) atoms. The molecule has 2 N–H and O–H groups in total. The molecule has 2 rings (SSSR count). The Balaban J connectivity index is 1.81. The van der Waals surface area contributed by atoms with Crippen LogP contribution in [0.4, 0.5) is 4.79 Å². The zero-order valence-corrected chi connectivity index (χ0v) is 13.2. The fraction of sp³-hybridized carbons (Fsp3) is 0.235. The molecule has 2 aromatic carbocycles. The van der Waals surface area contributed by atoms with E-state index in [0.717, 1.165) is 16.7 Å². The molecule has 0 atom stereocenters. The van der Waals surface area contributed by atoms with Crippen LogP contribution in [0, 0.1) is 0 Å². The number of methoxy groups -OCH3 is 1. The quantitative estimate of drug-likeness (QED) is 0.856. The first-order chi connectivity index (χ1) is 10.7. The van der Waals surface area contributed by atoms with Crippen molar-refractivity contribution in [2.24, 2.45) is 0 Å². The molecule has 0 bridgehead atoms. The molecule has 0 aromatic heterocycles. The summed E-state index contributed by atoms with van der Waals surface area (Å²) in [6, 6.07) is 15.0. The van der Waals surface area contributed by atoms with Gasteiger partial charge in [-0.15, -0.1) is 0 Å². The summed E-state index contributed by atoms with van der Waals surface area (Å²) in [4.78, 5) is 11.8. The molecule has 0 spiro atoms. The van der Waals surface area contributed by atoms with E-state index < -0.39 is 0 Å². The van der Waals surface area contributed by atoms with Gasteiger partial charge in [-0.25, -0.2) is 4.79 Å². The number of ether oxygens (including phenoxy) is 1. The number of hydrogen-bond donors (Lipinski definition) is 2. The molecule has 0 aliphatic carbocycles. The predicted octanol–water partition coefficient (Wildman–Crippen LogP) is 3.49. The van der Waals surface area contributed by atoms with E-state index in [1.807, 2.05) is 36.4 Å². The summed E-state index contributed by atoms with van der Waals surface area (Å²) in [5, 5.41) is 6.35. The van der Waals surface area contributed by atoms with Gasteiger partial charge < -0.3 is 15.4 Å². The number of hydrogen-bond acceptors (Lipinski definition) is 2. The lowest BCUT2D eigenvalue weighted by Gasteiger charge is -2.11. The SMILES string of the molecule is COCc1ccccc1CNC(=O)NCc1ccc(Cl)cc1. The maximum Gasteiger partial charge on any atom is 0.315 e. The summed E-state index contributed by atoms with van der Waals surface area (Å²) in [7, 11) is 1.66. The monoisotopic (exact) mass is 318 g/mol. The molecular formula is C17H19ClN2O2. The first-order valence-electron chi connectivity index (χ1n) is 7.01. The van der Waals surface area contributed by atoms with Crippen molar-refractivity contribution in [3.05, 3.63) is 70.2 Å². The van der Waals surface area contributed by atoms with Crippen LogP contribution in [0.3, 0.4) is 0 Å². The molecule has 0 saturated heterocycles. The highest BCUT2D eigenvalue weighted by atomic mass is 35.5. The minimum atomic E-state index is -0.206. The minimum absolute atomic E-state index is 0.206. The molecule has 4 nitrogen and oxygen atoms in total. The van der Waals surface area contributed by atoms with E-state index in [1.165, 1.54) is 0 Å². The van der Waals surface area contributed by atoms with Crippen molar-refractivity contribution in [1.82, 2.24) is 10.6 Å². The Bertz CT molecular complexity index is 614. The second kappa shape index (κ2) is 8.41. The van der Waals surface area contributed by atoms with Crippen molar-refractivity contribution in [1.29, 1.82) is 0 Å². The fourth-order valence-corrected chi connectivity index (χ4v) is 2.17. The third kappa shape index (κ3) is 5.06. The average Bonchev–Trinajstić information content (AvgIpc) is 2.54. The number of carbonyl (C=O) groups is 1. The van der Waals surface area contributed by atoms with Crippen LogP contribution >= 0.6 is 11.6 Å². The van der Waals surface area contributed by atoms with Gasteiger partial charge in [0.25, 0.3) is 0 Å². The number of benzene rings is 2. The molecule has 0 fully saturated rings. The molecule has 0 aliphatic heterocycles. The van der Waals surface area contributed by atoms with Gasteiger partial charge in [-0.05, 0) is 28.8 Å². The Labute approximate surface area is 135 Å². The number of carbonyl (C=O) groups excluding carboxylic acids is 1. The molecule has 116 valence electrons. The van der Waals surface area contributed by atoms with Crippen LogP contribution in [0.1, 0.15) is 16.7 Å². The van der Waals surface area contributed by atoms with E-state index in [0.29, 0.717) is 24.7 Å². The van der Waals surface area contributed by atoms with Crippen LogP contribution in [0.15, 0.2) is 48.5 Å². The molecule has 5 heteroatoms. The van der Waals surface area contributed by atoms with Crippen LogP contribution in [-0.2, 0) is 24.4 Å². The van der Waals surface area contributed by atoms with Gasteiger partial charge in [0, 0.05) is 25.2 Å². The maximum absolute atomic E-state index is 11.8. The topological polar surface area (TPSA) is 50.4 Å². The standard InChI is InChI=1S/C17H19ClN2O2/c1-22-12-15-5-3-2-4-14(15)11-20-17(21)19-10-13-6-8-16(18)9-7-13/h2-9H,10-12H2,1H3,(H2,19,20,21). The smallest absolute Gasteiger partial charge is 0.315 e. The summed E-state index contributed by atoms with van der Waals surface area (Å²) in [5.74, 6) is 0. The van der Waals surface area contributed by atoms with Gasteiger partial charge in [-0.3, -0.25) is 0 Å². The van der Waals surface area contributed by atoms with Crippen LogP contribution < -0.4 is 10.6 Å². The minimum Gasteiger partial charge on any atom is -0.380 e. The Morgan fingerprint density at radius 2 is 1.64 bits per heavy atom. The van der Waals surface area contributed by atoms with Crippen LogP contribution in [0.25, 0.3) is 0 Å². The summed E-state index contributed by atoms with van der Waals surface area (Å²) < 4.78 is 5.15. The van der Waals surface area contributed by atoms with Crippen LogP contribution in [0.2, 0.25) is 5.02 Å². The zero-order chi connectivity index (χ0) is 15.8. The summed E-state index contributed by atoms with van der Waals surface area (Å²) in [6.45, 7) is 1.46. The lowest BCUT2D eigenvalue weighted by molar-refractivity contribution is 0.184. The van der Waals surface area contributed by atoms with Gasteiger partial charge in [0.05, 0.1) is 6.61 Å². The van der Waals surface area contributed by atoms with Crippen molar-refractivity contribution < 1.29 is 9.53 Å². The Morgan fingerprint density at radius 3 is 2.32 bits per heavy atom. The first kappa shape index (κ1) is 16.3. The van der Waals surface area contributed by atoms with Gasteiger partial charge in [-0.2, -0.15) is 0 Å². The molecule has 2 amide bonds. The molecule has 0 saturated carbocycles. The number of halogens is 1. The van der Waals surface area contributed by atoms with E-state index >= 15 is 0 Å². The number of urea groups is 1. The predicted molar refractivity (Wildman–Crippen MR) is 87.7 cm³/mol. The van der Waals surface area contributed by atoms with E-state index in [-0.39, 0.29) is 6.03 Å². The van der Waals surface area contributed by atoms with Crippen molar-refractivity contribution >= 4 is 17.6 Å². The molecule has 2 aromatic rings. The van der Waals surface area contributed by atoms with Gasteiger partial charge in [0.15, 0.2) is 0 Å². The van der Waals surface area contributed by atoms with Crippen molar-refractivity contribution in [2.75, 3.05) is 7.11 Å². The summed E-state index contributed by atoms with van der Waals surface area (Å²) >= 11 is 5.82. The van der Waals surface area contributed by atoms with E-state index in [9.17, 15) is 4.79 Å². The number of nitrogens with one attached hydrogen (secondary N) is 2. The van der Waals surface area contributed by atoms with Gasteiger partial charge in [0.2, 0.25) is 0 Å². The second-order valence-corrected chi connectivity index (χ2v) is 5.30. The highest BCUT2D eigenvalue weighted by Crippen LogP contribution is 2.10. The highest BCUT2D eigenvalue weighted by molar-refractivity contribution is 6.30. The van der Waals surface area contributed by atoms with Crippen LogP contribution in [-0.4, -0.2) is 13.1 Å². The maximum atomic E-state index is 11.8. The van der Waals surface area contributed by atoms with Gasteiger partial charge >= 0.3 is 6.03 Å². The van der Waals surface area contributed by atoms with Crippen molar-refractivity contribution in [3.8, 4) is 0 Å². The van der Waals surface area contributed by atoms with Crippen molar-refractivity contribution in [3.63, 3.8) is 0 Å². The largest absolute Gasteiger partial charge is 0.380 e. The number of amides is 2. The lowest BCUT2D eigenvalue weighted by atomic mass is 10.1. The Morgan fingerprint density at radius 1 is 1.00 bits per heavy atom. The van der Waals surface area contributed by atoms with Crippen molar-refractivity contribution in [2.45, 2.75) is 19.7 Å². The highest BCUT2D eigenvalue weighted by Gasteiger charge is 2.04. The summed E-state index contributed by atoms with van der Waals surface area (Å²) in [5.41, 5.74) is 3.12. The first-order valence-corrected chi connectivity index (χ1v) is 7.38. The summed E-state index contributed by atoms with van der Waals surface area (Å²) in [6.07, 6.45) is 0. The molecule has 0 heterocycles. The zero-order valence-electron chi connectivity index (χ0n) is 12.4. The fourth-order valence-electron chi connectivity index (χ4n) is 2.05. The molecule has 0 radical (unpaired) electrons. The lowest BCUT2D eigenvalue weighted by Crippen LogP contribution is -2.34. The van der Waals surface area contributed by atoms with Gasteiger partial charge in [-0.1, -0.05) is 48.0 Å². The van der Waals surface area contributed by atoms with Gasteiger partial charge in [0.1, 0.15) is 0 Å². The third-order valence-electron chi connectivity index (χ3n) is 3.22. The second-order valence-electron chi connectivity index (χ2n) is 4.86. The molecular weight excluding hydrogens is 300 g/mol. The molecule has 0 aliphatic rings. The van der Waals surface area contributed by atoms with E-state index in [2.05, 4.69) is 10.6 Å². The Hall–Kier alpha value is -2.04. The molecule has 0 unspecified atom stereocenters. The average molecular weight is 319 g/mol. The van der Waals surface area contributed by atoms with E-state index in [1.54, 1.807) is 19.2 Å². The van der Waals surface area contributed by atoms with E-state index in [4.69, 9.17) is 16.3 Å². The number of rotatable bonds is 6. The Kier molecular flexibility index (Phi) is 6.25. The third-order valence-corrected chi connectivity index (χ3v) is 3.48. The van der Waals surface area contributed by atoms with Crippen LogP contribution in [0.5, 0.6) is 0 Å².